The number of aliphatic imine (C=N–C) groups is 1. The van der Waals surface area contributed by atoms with Crippen LogP contribution in [0.15, 0.2) is 127 Å². The molecule has 0 atom stereocenters. The molecule has 0 aliphatic heterocycles. The number of nitrogens with zero attached hydrogens (tertiary/aromatic N) is 3. The normalized spacial score (nSPS) is 11.8. The third-order valence-electron chi connectivity index (χ3n) is 7.96. The molecule has 0 amide bonds. The Hall–Kier alpha value is -5.75. The van der Waals surface area contributed by atoms with Crippen LogP contribution in [0, 0.1) is 0 Å². The summed E-state index contributed by atoms with van der Waals surface area (Å²) in [7, 11) is 0. The Balaban J connectivity index is 0.000000141. The first-order valence-corrected chi connectivity index (χ1v) is 14.2. The number of pyridine rings is 2. The second-order valence-corrected chi connectivity index (χ2v) is 10.7. The molecule has 2 aromatic heterocycles. The summed E-state index contributed by atoms with van der Waals surface area (Å²) in [6.07, 6.45) is 5.56. The van der Waals surface area contributed by atoms with Crippen LogP contribution in [0.3, 0.4) is 0 Å². The van der Waals surface area contributed by atoms with Gasteiger partial charge in [0.2, 0.25) is 0 Å². The number of guanidine groups is 1. The second kappa shape index (κ2) is 10.9. The molecule has 4 aromatic carbocycles. The molecule has 6 aromatic rings. The standard InChI is InChI=1S/C19H16N4.C18H14N2/c20-19(21)23-14-6-3-5-12(10-14)16-8-9-22-17-11-13-4-1-2-7-15(13)18(16)17;19-14-6-3-5-12(10-14)16-8-9-20-17-11-13-4-1-2-7-15(13)18(16)17/h1-10H,11H2,(H4,20,21,23);1-10H,11,19H2. The van der Waals surface area contributed by atoms with E-state index in [0.29, 0.717) is 0 Å². The van der Waals surface area contributed by atoms with Gasteiger partial charge in [0.25, 0.3) is 0 Å². The average Bonchev–Trinajstić information content (AvgIpc) is 3.60. The second-order valence-electron chi connectivity index (χ2n) is 10.7. The van der Waals surface area contributed by atoms with Gasteiger partial charge in [-0.1, -0.05) is 72.8 Å². The lowest BCUT2D eigenvalue weighted by Gasteiger charge is -2.10. The summed E-state index contributed by atoms with van der Waals surface area (Å²) < 4.78 is 0. The summed E-state index contributed by atoms with van der Waals surface area (Å²) in [4.78, 5) is 13.3. The van der Waals surface area contributed by atoms with Gasteiger partial charge < -0.3 is 17.2 Å². The molecule has 6 nitrogen and oxygen atoms in total. The maximum Gasteiger partial charge on any atom is 0.191 e. The van der Waals surface area contributed by atoms with Gasteiger partial charge in [-0.05, 0) is 80.9 Å². The Labute approximate surface area is 250 Å². The van der Waals surface area contributed by atoms with Gasteiger partial charge in [0.1, 0.15) is 0 Å². The molecule has 2 heterocycles. The number of anilines is 1. The summed E-state index contributed by atoms with van der Waals surface area (Å²) in [5.74, 6) is 0.0625. The minimum absolute atomic E-state index is 0.0625. The Morgan fingerprint density at radius 2 is 1.09 bits per heavy atom. The van der Waals surface area contributed by atoms with E-state index in [9.17, 15) is 0 Å². The van der Waals surface area contributed by atoms with Crippen LogP contribution in [-0.4, -0.2) is 15.9 Å². The van der Waals surface area contributed by atoms with Crippen LogP contribution in [0.2, 0.25) is 0 Å². The van der Waals surface area contributed by atoms with Gasteiger partial charge >= 0.3 is 0 Å². The summed E-state index contributed by atoms with van der Waals surface area (Å²) in [5, 5.41) is 0. The van der Waals surface area contributed by atoms with Gasteiger partial charge in [0.15, 0.2) is 5.96 Å². The number of benzene rings is 4. The predicted octanol–water partition coefficient (Wildman–Crippen LogP) is 7.13. The number of nitrogen functional groups attached to an aromatic ring is 1. The highest BCUT2D eigenvalue weighted by Gasteiger charge is 2.23. The van der Waals surface area contributed by atoms with Crippen molar-refractivity contribution in [2.45, 2.75) is 12.8 Å². The van der Waals surface area contributed by atoms with E-state index in [-0.39, 0.29) is 5.96 Å². The highest BCUT2D eigenvalue weighted by atomic mass is 15.0. The van der Waals surface area contributed by atoms with E-state index in [2.05, 4.69) is 87.8 Å². The zero-order chi connectivity index (χ0) is 29.3. The molecule has 43 heavy (non-hydrogen) atoms. The van der Waals surface area contributed by atoms with Crippen LogP contribution in [0.4, 0.5) is 11.4 Å². The summed E-state index contributed by atoms with van der Waals surface area (Å²) in [6.45, 7) is 0. The molecule has 0 fully saturated rings. The quantitative estimate of drug-likeness (QED) is 0.121. The fourth-order valence-electron chi connectivity index (χ4n) is 6.16. The summed E-state index contributed by atoms with van der Waals surface area (Å²) in [5.41, 5.74) is 33.0. The lowest BCUT2D eigenvalue weighted by molar-refractivity contribution is 1.12. The van der Waals surface area contributed by atoms with Crippen molar-refractivity contribution in [1.29, 1.82) is 0 Å². The van der Waals surface area contributed by atoms with Crippen molar-refractivity contribution in [2.24, 2.45) is 16.5 Å². The fraction of sp³-hybridized carbons (Fsp3) is 0.0541. The molecular formula is C37H30N6. The fourth-order valence-corrected chi connectivity index (χ4v) is 6.16. The molecule has 0 radical (unpaired) electrons. The van der Waals surface area contributed by atoms with E-state index in [0.717, 1.165) is 52.3 Å². The lowest BCUT2D eigenvalue weighted by Crippen LogP contribution is -2.21. The molecule has 208 valence electrons. The van der Waals surface area contributed by atoms with E-state index in [1.807, 2.05) is 48.8 Å². The Bertz CT molecular complexity index is 2020. The number of hydrogen-bond acceptors (Lipinski definition) is 4. The molecule has 2 aliphatic carbocycles. The molecule has 0 saturated carbocycles. The van der Waals surface area contributed by atoms with Crippen molar-refractivity contribution >= 4 is 17.3 Å². The van der Waals surface area contributed by atoms with Gasteiger partial charge in [-0.15, -0.1) is 0 Å². The van der Waals surface area contributed by atoms with Crippen LogP contribution in [-0.2, 0) is 12.8 Å². The number of rotatable bonds is 3. The van der Waals surface area contributed by atoms with Crippen LogP contribution < -0.4 is 17.2 Å². The van der Waals surface area contributed by atoms with Crippen molar-refractivity contribution in [2.75, 3.05) is 5.73 Å². The first-order chi connectivity index (χ1) is 21.0. The first-order valence-electron chi connectivity index (χ1n) is 14.2. The smallest absolute Gasteiger partial charge is 0.191 e. The predicted molar refractivity (Wildman–Crippen MR) is 176 cm³/mol. The van der Waals surface area contributed by atoms with Crippen molar-refractivity contribution < 1.29 is 0 Å². The van der Waals surface area contributed by atoms with Gasteiger partial charge in [-0.2, -0.15) is 0 Å². The van der Waals surface area contributed by atoms with Crippen molar-refractivity contribution in [1.82, 2.24) is 9.97 Å². The van der Waals surface area contributed by atoms with E-state index in [1.165, 1.54) is 38.9 Å². The van der Waals surface area contributed by atoms with Crippen molar-refractivity contribution in [3.8, 4) is 44.5 Å². The van der Waals surface area contributed by atoms with Gasteiger partial charge in [-0.25, -0.2) is 4.99 Å². The molecule has 0 unspecified atom stereocenters. The average molecular weight is 559 g/mol. The molecule has 0 spiro atoms. The lowest BCUT2D eigenvalue weighted by atomic mass is 9.96. The molecule has 2 aliphatic rings. The number of aromatic nitrogens is 2. The molecule has 6 N–H and O–H groups in total. The Morgan fingerprint density at radius 1 is 0.558 bits per heavy atom. The largest absolute Gasteiger partial charge is 0.399 e. The highest BCUT2D eigenvalue weighted by Crippen LogP contribution is 2.43. The topological polar surface area (TPSA) is 116 Å². The van der Waals surface area contributed by atoms with Crippen molar-refractivity contribution in [3.63, 3.8) is 0 Å². The SMILES string of the molecule is NC(N)=Nc1cccc(-c2ccnc3c2-c2ccccc2C3)c1.Nc1cccc(-c2ccnc3c2-c2ccccc2C3)c1. The van der Waals surface area contributed by atoms with Gasteiger partial charge in [-0.3, -0.25) is 9.97 Å². The maximum atomic E-state index is 5.92. The summed E-state index contributed by atoms with van der Waals surface area (Å²) in [6, 6.07) is 37.1. The molecule has 8 rings (SSSR count). The van der Waals surface area contributed by atoms with Crippen LogP contribution >= 0.6 is 0 Å². The number of nitrogens with two attached hydrogens (primary N) is 3. The summed E-state index contributed by atoms with van der Waals surface area (Å²) >= 11 is 0. The van der Waals surface area contributed by atoms with Crippen molar-refractivity contribution in [3.05, 3.63) is 144 Å². The van der Waals surface area contributed by atoms with Crippen LogP contribution in [0.1, 0.15) is 22.5 Å². The monoisotopic (exact) mass is 558 g/mol. The van der Waals surface area contributed by atoms with Crippen LogP contribution in [0.5, 0.6) is 0 Å². The number of fused-ring (bicyclic) bond motifs is 6. The van der Waals surface area contributed by atoms with E-state index >= 15 is 0 Å². The molecular weight excluding hydrogens is 528 g/mol. The van der Waals surface area contributed by atoms with E-state index in [1.54, 1.807) is 0 Å². The molecule has 6 heteroatoms. The van der Waals surface area contributed by atoms with Gasteiger partial charge in [0.05, 0.1) is 17.1 Å². The highest BCUT2D eigenvalue weighted by molar-refractivity contribution is 5.91. The molecule has 0 saturated heterocycles. The van der Waals surface area contributed by atoms with Crippen LogP contribution in [0.25, 0.3) is 44.5 Å². The first kappa shape index (κ1) is 26.2. The van der Waals surface area contributed by atoms with E-state index in [4.69, 9.17) is 17.2 Å². The van der Waals surface area contributed by atoms with Gasteiger partial charge in [0, 0.05) is 42.0 Å². The van der Waals surface area contributed by atoms with E-state index < -0.39 is 0 Å². The minimum Gasteiger partial charge on any atom is -0.399 e. The third kappa shape index (κ3) is 5.00. The maximum absolute atomic E-state index is 5.92. The zero-order valence-corrected chi connectivity index (χ0v) is 23.5. The Kier molecular flexibility index (Phi) is 6.64. The Morgan fingerprint density at radius 3 is 1.65 bits per heavy atom. The third-order valence-corrected chi connectivity index (χ3v) is 7.96. The minimum atomic E-state index is 0.0625. The zero-order valence-electron chi connectivity index (χ0n) is 23.5. The number of hydrogen-bond donors (Lipinski definition) is 3. The molecule has 0 bridgehead atoms.